The van der Waals surface area contributed by atoms with Gasteiger partial charge in [0.25, 0.3) is 0 Å². The third-order valence-corrected chi connectivity index (χ3v) is 4.11. The van der Waals surface area contributed by atoms with Gasteiger partial charge in [0, 0.05) is 5.56 Å². The minimum atomic E-state index is -0.374. The summed E-state index contributed by atoms with van der Waals surface area (Å²) in [4.78, 5) is 12.1. The Bertz CT molecular complexity index is 605. The van der Waals surface area contributed by atoms with Crippen molar-refractivity contribution in [1.82, 2.24) is 0 Å². The fourth-order valence-corrected chi connectivity index (χ4v) is 2.65. The van der Waals surface area contributed by atoms with E-state index in [1.165, 1.54) is 0 Å². The second kappa shape index (κ2) is 7.99. The predicted molar refractivity (Wildman–Crippen MR) is 91.2 cm³/mol. The molecule has 0 radical (unpaired) electrons. The molecule has 0 bridgehead atoms. The number of hydrogen-bond donors (Lipinski definition) is 0. The Morgan fingerprint density at radius 3 is 1.82 bits per heavy atom. The Kier molecular flexibility index (Phi) is 6.01. The SMILES string of the molecule is CCOc1ccc(C(=O)[C@@H](Br)c2ccc(OCC)cc2)cc1. The first-order chi connectivity index (χ1) is 10.7. The smallest absolute Gasteiger partial charge is 0.180 e. The molecule has 0 N–H and O–H groups in total. The predicted octanol–water partition coefficient (Wildman–Crippen LogP) is 4.80. The van der Waals surface area contributed by atoms with Crippen molar-refractivity contribution in [3.63, 3.8) is 0 Å². The van der Waals surface area contributed by atoms with E-state index in [0.29, 0.717) is 18.8 Å². The number of ether oxygens (including phenoxy) is 2. The lowest BCUT2D eigenvalue weighted by Gasteiger charge is -2.11. The minimum absolute atomic E-state index is 0.0206. The molecule has 0 aliphatic heterocycles. The second-order valence-corrected chi connectivity index (χ2v) is 5.60. The zero-order valence-electron chi connectivity index (χ0n) is 12.7. The highest BCUT2D eigenvalue weighted by atomic mass is 79.9. The standard InChI is InChI=1S/C18H19BrO3/c1-3-21-15-9-5-13(6-10-15)17(19)18(20)14-7-11-16(12-8-14)22-4-2/h5-12,17H,3-4H2,1-2H3/t17-/m0/s1. The maximum Gasteiger partial charge on any atom is 0.180 e. The zero-order chi connectivity index (χ0) is 15.9. The van der Waals surface area contributed by atoms with Gasteiger partial charge in [-0.3, -0.25) is 4.79 Å². The van der Waals surface area contributed by atoms with Crippen molar-refractivity contribution >= 4 is 21.7 Å². The van der Waals surface area contributed by atoms with Crippen LogP contribution in [0.2, 0.25) is 0 Å². The average molecular weight is 363 g/mol. The van der Waals surface area contributed by atoms with Crippen LogP contribution in [0, 0.1) is 0 Å². The van der Waals surface area contributed by atoms with E-state index in [2.05, 4.69) is 15.9 Å². The Morgan fingerprint density at radius 2 is 1.36 bits per heavy atom. The Labute approximate surface area is 139 Å². The van der Waals surface area contributed by atoms with E-state index < -0.39 is 0 Å². The van der Waals surface area contributed by atoms with Crippen LogP contribution in [0.25, 0.3) is 0 Å². The molecule has 2 aromatic rings. The molecule has 0 aromatic heterocycles. The summed E-state index contributed by atoms with van der Waals surface area (Å²) in [5.74, 6) is 1.60. The van der Waals surface area contributed by atoms with Crippen LogP contribution < -0.4 is 9.47 Å². The van der Waals surface area contributed by atoms with E-state index in [4.69, 9.17) is 9.47 Å². The number of halogens is 1. The largest absolute Gasteiger partial charge is 0.494 e. The van der Waals surface area contributed by atoms with Gasteiger partial charge in [-0.25, -0.2) is 0 Å². The van der Waals surface area contributed by atoms with Crippen LogP contribution in [0.1, 0.15) is 34.6 Å². The summed E-state index contributed by atoms with van der Waals surface area (Å²) < 4.78 is 10.8. The summed E-state index contributed by atoms with van der Waals surface area (Å²) >= 11 is 3.48. The molecular formula is C18H19BrO3. The van der Waals surface area contributed by atoms with Crippen molar-refractivity contribution in [3.8, 4) is 11.5 Å². The molecule has 0 saturated carbocycles. The van der Waals surface area contributed by atoms with Gasteiger partial charge in [-0.05, 0) is 55.8 Å². The maximum absolute atomic E-state index is 12.5. The lowest BCUT2D eigenvalue weighted by molar-refractivity contribution is 0.0991. The molecule has 0 unspecified atom stereocenters. The van der Waals surface area contributed by atoms with Crippen LogP contribution in [0.15, 0.2) is 48.5 Å². The van der Waals surface area contributed by atoms with Gasteiger partial charge >= 0.3 is 0 Å². The van der Waals surface area contributed by atoms with Gasteiger partial charge in [-0.2, -0.15) is 0 Å². The van der Waals surface area contributed by atoms with Gasteiger partial charge in [-0.15, -0.1) is 0 Å². The Hall–Kier alpha value is -1.81. The summed E-state index contributed by atoms with van der Waals surface area (Å²) in [7, 11) is 0. The first-order valence-corrected chi connectivity index (χ1v) is 8.21. The Morgan fingerprint density at radius 1 is 0.909 bits per heavy atom. The van der Waals surface area contributed by atoms with Gasteiger partial charge in [0.15, 0.2) is 5.78 Å². The summed E-state index contributed by atoms with van der Waals surface area (Å²) in [6.45, 7) is 5.11. The third kappa shape index (κ3) is 4.10. The van der Waals surface area contributed by atoms with E-state index in [9.17, 15) is 4.79 Å². The summed E-state index contributed by atoms with van der Waals surface area (Å²) in [6.07, 6.45) is 0. The van der Waals surface area contributed by atoms with Gasteiger partial charge in [0.05, 0.1) is 13.2 Å². The van der Waals surface area contributed by atoms with Crippen LogP contribution in [-0.4, -0.2) is 19.0 Å². The lowest BCUT2D eigenvalue weighted by Crippen LogP contribution is -2.07. The molecule has 116 valence electrons. The minimum Gasteiger partial charge on any atom is -0.494 e. The summed E-state index contributed by atoms with van der Waals surface area (Å²) in [6, 6.07) is 14.8. The molecule has 22 heavy (non-hydrogen) atoms. The molecule has 0 saturated heterocycles. The van der Waals surface area contributed by atoms with Crippen LogP contribution in [0.3, 0.4) is 0 Å². The van der Waals surface area contributed by atoms with Gasteiger partial charge in [0.1, 0.15) is 16.3 Å². The number of carbonyl (C=O) groups excluding carboxylic acids is 1. The van der Waals surface area contributed by atoms with Gasteiger partial charge < -0.3 is 9.47 Å². The quantitative estimate of drug-likeness (QED) is 0.524. The second-order valence-electron chi connectivity index (χ2n) is 4.69. The number of rotatable bonds is 7. The fraction of sp³-hybridized carbons (Fsp3) is 0.278. The molecule has 0 fully saturated rings. The maximum atomic E-state index is 12.5. The van der Waals surface area contributed by atoms with Crippen molar-refractivity contribution in [3.05, 3.63) is 59.7 Å². The van der Waals surface area contributed by atoms with E-state index in [1.54, 1.807) is 12.1 Å². The van der Waals surface area contributed by atoms with E-state index in [0.717, 1.165) is 17.1 Å². The van der Waals surface area contributed by atoms with E-state index >= 15 is 0 Å². The molecule has 0 aliphatic rings. The van der Waals surface area contributed by atoms with Gasteiger partial charge in [-0.1, -0.05) is 28.1 Å². The number of ketones is 1. The Balaban J connectivity index is 2.10. The highest BCUT2D eigenvalue weighted by molar-refractivity contribution is 9.09. The topological polar surface area (TPSA) is 35.5 Å². The monoisotopic (exact) mass is 362 g/mol. The van der Waals surface area contributed by atoms with Crippen LogP contribution in [0.4, 0.5) is 0 Å². The third-order valence-electron chi connectivity index (χ3n) is 3.16. The number of carbonyl (C=O) groups is 1. The van der Waals surface area contributed by atoms with Crippen molar-refractivity contribution in [1.29, 1.82) is 0 Å². The molecule has 1 atom stereocenters. The average Bonchev–Trinajstić information content (AvgIpc) is 2.55. The molecule has 4 heteroatoms. The zero-order valence-corrected chi connectivity index (χ0v) is 14.3. The van der Waals surface area contributed by atoms with Crippen molar-refractivity contribution in [2.45, 2.75) is 18.7 Å². The van der Waals surface area contributed by atoms with Crippen molar-refractivity contribution in [2.75, 3.05) is 13.2 Å². The van der Waals surface area contributed by atoms with Crippen molar-refractivity contribution in [2.24, 2.45) is 0 Å². The lowest BCUT2D eigenvalue weighted by atomic mass is 10.0. The van der Waals surface area contributed by atoms with Crippen LogP contribution >= 0.6 is 15.9 Å². The molecule has 2 aromatic carbocycles. The summed E-state index contributed by atoms with van der Waals surface area (Å²) in [5.41, 5.74) is 1.56. The molecule has 3 nitrogen and oxygen atoms in total. The van der Waals surface area contributed by atoms with Crippen molar-refractivity contribution < 1.29 is 14.3 Å². The highest BCUT2D eigenvalue weighted by Crippen LogP contribution is 2.29. The van der Waals surface area contributed by atoms with E-state index in [-0.39, 0.29) is 10.6 Å². The fourth-order valence-electron chi connectivity index (χ4n) is 2.08. The molecule has 2 rings (SSSR count). The molecule has 0 amide bonds. The van der Waals surface area contributed by atoms with E-state index in [1.807, 2.05) is 50.2 Å². The van der Waals surface area contributed by atoms with Crippen LogP contribution in [0.5, 0.6) is 11.5 Å². The first kappa shape index (κ1) is 16.6. The van der Waals surface area contributed by atoms with Crippen LogP contribution in [-0.2, 0) is 0 Å². The molecular weight excluding hydrogens is 344 g/mol. The first-order valence-electron chi connectivity index (χ1n) is 7.29. The summed E-state index contributed by atoms with van der Waals surface area (Å²) in [5, 5.41) is 0. The normalized spacial score (nSPS) is 11.8. The molecule has 0 aliphatic carbocycles. The number of alkyl halides is 1. The van der Waals surface area contributed by atoms with Gasteiger partial charge in [0.2, 0.25) is 0 Å². The molecule has 0 spiro atoms. The highest BCUT2D eigenvalue weighted by Gasteiger charge is 2.19. The number of benzene rings is 2. The molecule has 0 heterocycles. The number of hydrogen-bond acceptors (Lipinski definition) is 3. The number of Topliss-reactive ketones (excluding diaryl/α,β-unsaturated/α-hetero) is 1.